The van der Waals surface area contributed by atoms with Crippen LogP contribution in [0.4, 0.5) is 0 Å². The van der Waals surface area contributed by atoms with Gasteiger partial charge in [-0.2, -0.15) is 0 Å². The lowest BCUT2D eigenvalue weighted by molar-refractivity contribution is -0.382. The average molecular weight is 452 g/mol. The van der Waals surface area contributed by atoms with Crippen molar-refractivity contribution in [1.82, 2.24) is 0 Å². The summed E-state index contributed by atoms with van der Waals surface area (Å²) in [5.41, 5.74) is 0. The first kappa shape index (κ1) is 26.5. The number of hydrogen-bond acceptors (Lipinski definition) is 11. The van der Waals surface area contributed by atoms with E-state index in [0.717, 1.165) is 6.29 Å². The van der Waals surface area contributed by atoms with Crippen molar-refractivity contribution >= 4 is 6.29 Å². The number of rotatable bonds is 13. The van der Waals surface area contributed by atoms with Crippen molar-refractivity contribution in [1.29, 1.82) is 0 Å². The second kappa shape index (κ2) is 12.5. The molecule has 2 heterocycles. The van der Waals surface area contributed by atoms with E-state index in [1.807, 2.05) is 0 Å². The lowest BCUT2D eigenvalue weighted by Crippen LogP contribution is -2.62. The monoisotopic (exact) mass is 452 g/mol. The summed E-state index contributed by atoms with van der Waals surface area (Å²) < 4.78 is 57.2. The Morgan fingerprint density at radius 2 is 1.39 bits per heavy atom. The van der Waals surface area contributed by atoms with Crippen LogP contribution in [0.15, 0.2) is 0 Å². The van der Waals surface area contributed by atoms with Crippen molar-refractivity contribution in [2.45, 2.75) is 48.7 Å². The molecule has 2 rings (SSSR count). The van der Waals surface area contributed by atoms with Crippen LogP contribution in [0.2, 0.25) is 0 Å². The van der Waals surface area contributed by atoms with Gasteiger partial charge in [0.25, 0.3) is 0 Å². The zero-order valence-corrected chi connectivity index (χ0v) is 19.3. The van der Waals surface area contributed by atoms with Gasteiger partial charge >= 0.3 is 0 Å². The maximum atomic E-state index is 12.0. The summed E-state index contributed by atoms with van der Waals surface area (Å²) in [6, 6.07) is 0. The first-order valence-electron chi connectivity index (χ1n) is 10.0. The van der Waals surface area contributed by atoms with Crippen LogP contribution >= 0.6 is 0 Å². The number of carbonyl (C=O) groups excluding carboxylic acids is 1. The molecule has 182 valence electrons. The molecule has 0 spiro atoms. The molecular weight excluding hydrogens is 416 g/mol. The van der Waals surface area contributed by atoms with Crippen molar-refractivity contribution < 1.29 is 52.2 Å². The minimum Gasteiger partial charge on any atom is -0.382 e. The zero-order chi connectivity index (χ0) is 23.0. The number of carbonyl (C=O) groups is 1. The molecule has 11 nitrogen and oxygen atoms in total. The molecule has 2 aliphatic heterocycles. The number of aldehydes is 1. The Hall–Kier alpha value is -0.730. The lowest BCUT2D eigenvalue weighted by atomic mass is 9.89. The van der Waals surface area contributed by atoms with E-state index in [0.29, 0.717) is 0 Å². The Kier molecular flexibility index (Phi) is 10.7. The molecule has 2 saturated heterocycles. The highest BCUT2D eigenvalue weighted by Gasteiger charge is 2.60. The van der Waals surface area contributed by atoms with Gasteiger partial charge in [-0.3, -0.25) is 0 Å². The molecule has 0 aromatic heterocycles. The maximum Gasteiger partial charge on any atom is 0.224 e. The quantitative estimate of drug-likeness (QED) is 0.342. The molecule has 9 unspecified atom stereocenters. The molecule has 2 fully saturated rings. The SMILES string of the molecule is COCC1OC(OC2(COC)OC(COC)C(OC)C2OC)C(OC)C(C=O)C1OC. The van der Waals surface area contributed by atoms with E-state index < -0.39 is 54.6 Å². The van der Waals surface area contributed by atoms with Gasteiger partial charge in [0.05, 0.1) is 25.2 Å². The minimum absolute atomic E-state index is 0.0102. The van der Waals surface area contributed by atoms with Gasteiger partial charge in [0.15, 0.2) is 6.29 Å². The first-order chi connectivity index (χ1) is 15.0. The van der Waals surface area contributed by atoms with Crippen LogP contribution in [0.1, 0.15) is 0 Å². The van der Waals surface area contributed by atoms with Gasteiger partial charge in [0.2, 0.25) is 5.79 Å². The van der Waals surface area contributed by atoms with Gasteiger partial charge in [-0.25, -0.2) is 0 Å². The van der Waals surface area contributed by atoms with Crippen LogP contribution in [0.3, 0.4) is 0 Å². The van der Waals surface area contributed by atoms with Crippen LogP contribution < -0.4 is 0 Å². The molecule has 0 radical (unpaired) electrons. The summed E-state index contributed by atoms with van der Waals surface area (Å²) in [5, 5.41) is 0. The van der Waals surface area contributed by atoms with Crippen LogP contribution in [0.5, 0.6) is 0 Å². The highest BCUT2D eigenvalue weighted by atomic mass is 16.8. The molecule has 2 aliphatic rings. The van der Waals surface area contributed by atoms with Gasteiger partial charge in [0, 0.05) is 49.8 Å². The van der Waals surface area contributed by atoms with Crippen molar-refractivity contribution in [2.24, 2.45) is 5.92 Å². The number of methoxy groups -OCH3 is 7. The highest BCUT2D eigenvalue weighted by Crippen LogP contribution is 2.40. The normalized spacial score (nSPS) is 40.9. The predicted octanol–water partition coefficient (Wildman–Crippen LogP) is -0.363. The van der Waals surface area contributed by atoms with E-state index in [4.69, 9.17) is 47.4 Å². The Labute approximate surface area is 183 Å². The zero-order valence-electron chi connectivity index (χ0n) is 19.3. The van der Waals surface area contributed by atoms with Gasteiger partial charge in [0.1, 0.15) is 43.4 Å². The van der Waals surface area contributed by atoms with E-state index >= 15 is 0 Å². The predicted molar refractivity (Wildman–Crippen MR) is 106 cm³/mol. The average Bonchev–Trinajstić information content (AvgIpc) is 3.05. The molecule has 0 aromatic rings. The Morgan fingerprint density at radius 3 is 1.87 bits per heavy atom. The van der Waals surface area contributed by atoms with E-state index in [1.54, 1.807) is 14.2 Å². The highest BCUT2D eigenvalue weighted by molar-refractivity contribution is 5.56. The first-order valence-corrected chi connectivity index (χ1v) is 10.0. The topological polar surface area (TPSA) is 109 Å². The second-order valence-corrected chi connectivity index (χ2v) is 7.44. The molecular formula is C20H36O11. The van der Waals surface area contributed by atoms with Crippen molar-refractivity contribution in [3.8, 4) is 0 Å². The van der Waals surface area contributed by atoms with Crippen molar-refractivity contribution in [3.05, 3.63) is 0 Å². The van der Waals surface area contributed by atoms with E-state index in [1.165, 1.54) is 35.5 Å². The molecule has 31 heavy (non-hydrogen) atoms. The minimum atomic E-state index is -1.40. The third-order valence-corrected chi connectivity index (χ3v) is 5.70. The maximum absolute atomic E-state index is 12.0. The summed E-state index contributed by atoms with van der Waals surface area (Å²) >= 11 is 0. The Morgan fingerprint density at radius 1 is 0.774 bits per heavy atom. The van der Waals surface area contributed by atoms with Gasteiger partial charge in [-0.1, -0.05) is 0 Å². The number of hydrogen-bond donors (Lipinski definition) is 0. The van der Waals surface area contributed by atoms with E-state index in [-0.39, 0.29) is 19.8 Å². The molecule has 0 saturated carbocycles. The van der Waals surface area contributed by atoms with Crippen molar-refractivity contribution in [2.75, 3.05) is 69.6 Å². The molecule has 0 bridgehead atoms. The third-order valence-electron chi connectivity index (χ3n) is 5.70. The molecule has 0 aromatic carbocycles. The summed E-state index contributed by atoms with van der Waals surface area (Å²) in [4.78, 5) is 12.0. The summed E-state index contributed by atoms with van der Waals surface area (Å²) in [5.74, 6) is -2.07. The summed E-state index contributed by atoms with van der Waals surface area (Å²) in [7, 11) is 10.7. The molecule has 0 amide bonds. The lowest BCUT2D eigenvalue weighted by Gasteiger charge is -2.46. The molecule has 0 aliphatic carbocycles. The van der Waals surface area contributed by atoms with Crippen LogP contribution in [-0.2, 0) is 52.2 Å². The van der Waals surface area contributed by atoms with Crippen LogP contribution in [0.25, 0.3) is 0 Å². The largest absolute Gasteiger partial charge is 0.382 e. The summed E-state index contributed by atoms with van der Waals surface area (Å²) in [6.07, 6.45) is -3.79. The fraction of sp³-hybridized carbons (Fsp3) is 0.950. The van der Waals surface area contributed by atoms with Crippen LogP contribution in [-0.4, -0.2) is 125 Å². The fourth-order valence-electron chi connectivity index (χ4n) is 4.43. The summed E-state index contributed by atoms with van der Waals surface area (Å²) in [6.45, 7) is 0.454. The Bertz CT molecular complexity index is 535. The van der Waals surface area contributed by atoms with Gasteiger partial charge in [-0.15, -0.1) is 0 Å². The molecule has 0 N–H and O–H groups in total. The van der Waals surface area contributed by atoms with E-state index in [9.17, 15) is 4.79 Å². The molecule has 9 atom stereocenters. The second-order valence-electron chi connectivity index (χ2n) is 7.44. The van der Waals surface area contributed by atoms with Gasteiger partial charge < -0.3 is 52.2 Å². The standard InChI is InChI=1S/C20H36O11/c1-22-9-13-15(25-4)12(8-21)16(26-5)19(29-13)31-20(11-24-3)18(28-7)17(27-6)14(30-20)10-23-2/h8,12-19H,9-11H2,1-7H3. The van der Waals surface area contributed by atoms with E-state index in [2.05, 4.69) is 0 Å². The Balaban J connectivity index is 2.39. The van der Waals surface area contributed by atoms with Gasteiger partial charge in [-0.05, 0) is 0 Å². The smallest absolute Gasteiger partial charge is 0.224 e. The third kappa shape index (κ3) is 5.44. The van der Waals surface area contributed by atoms with Crippen molar-refractivity contribution in [3.63, 3.8) is 0 Å². The fourth-order valence-corrected chi connectivity index (χ4v) is 4.43. The number of ether oxygens (including phenoxy) is 10. The molecule has 11 heteroatoms. The van der Waals surface area contributed by atoms with Crippen LogP contribution in [0, 0.1) is 5.92 Å².